The molecule has 1 aliphatic heterocycles. The van der Waals surface area contributed by atoms with Crippen LogP contribution in [-0.2, 0) is 14.3 Å². The van der Waals surface area contributed by atoms with Gasteiger partial charge in [-0.25, -0.2) is 4.79 Å². The molecule has 4 rings (SSSR count). The number of halogens is 1. The van der Waals surface area contributed by atoms with E-state index in [1.807, 2.05) is 46.0 Å². The number of esters is 1. The zero-order chi connectivity index (χ0) is 20.5. The summed E-state index contributed by atoms with van der Waals surface area (Å²) in [6.45, 7) is 2.00. The summed E-state index contributed by atoms with van der Waals surface area (Å²) < 4.78 is 6.30. The molecule has 0 amide bonds. The highest BCUT2D eigenvalue weighted by Crippen LogP contribution is 2.47. The van der Waals surface area contributed by atoms with E-state index >= 15 is 0 Å². The van der Waals surface area contributed by atoms with Gasteiger partial charge in [-0.2, -0.15) is 11.3 Å². The summed E-state index contributed by atoms with van der Waals surface area (Å²) in [4.78, 5) is 28.0. The number of Topliss-reactive ketones (excluding diaryl/α,β-unsaturated/α-hetero) is 1. The van der Waals surface area contributed by atoms with Crippen molar-refractivity contribution < 1.29 is 14.3 Å². The molecule has 7 heteroatoms. The van der Waals surface area contributed by atoms with Gasteiger partial charge in [-0.05, 0) is 66.4 Å². The highest BCUT2D eigenvalue weighted by molar-refractivity contribution is 9.10. The number of hydrogen-bond acceptors (Lipinski definition) is 6. The van der Waals surface area contributed by atoms with E-state index in [9.17, 15) is 9.59 Å². The van der Waals surface area contributed by atoms with Gasteiger partial charge in [0.05, 0.1) is 18.1 Å². The van der Waals surface area contributed by atoms with E-state index in [2.05, 4.69) is 15.9 Å². The lowest BCUT2D eigenvalue weighted by Crippen LogP contribution is -2.41. The highest BCUT2D eigenvalue weighted by atomic mass is 79.9. The molecule has 0 bridgehead atoms. The number of carbonyl (C=O) groups excluding carboxylic acids is 2. The number of thiophene rings is 1. The van der Waals surface area contributed by atoms with E-state index in [0.29, 0.717) is 23.4 Å². The van der Waals surface area contributed by atoms with Gasteiger partial charge >= 0.3 is 5.97 Å². The number of hydrogen-bond donors (Lipinski definition) is 1. The van der Waals surface area contributed by atoms with Gasteiger partial charge < -0.3 is 10.5 Å². The molecule has 2 N–H and O–H groups in total. The van der Waals surface area contributed by atoms with E-state index in [1.165, 1.54) is 11.3 Å². The third kappa shape index (κ3) is 3.53. The van der Waals surface area contributed by atoms with Crippen LogP contribution in [0.15, 0.2) is 68.2 Å². The Morgan fingerprint density at radius 1 is 1.28 bits per heavy atom. The molecule has 0 saturated heterocycles. The predicted octanol–water partition coefficient (Wildman–Crippen LogP) is 4.85. The molecule has 1 aromatic carbocycles. The number of anilines is 1. The summed E-state index contributed by atoms with van der Waals surface area (Å²) in [5, 5.41) is 3.92. The lowest BCUT2D eigenvalue weighted by Gasteiger charge is -2.40. The molecular formula is C22H21BrN2O3S. The summed E-state index contributed by atoms with van der Waals surface area (Å²) in [7, 11) is 0. The van der Waals surface area contributed by atoms with Crippen LogP contribution >= 0.6 is 27.3 Å². The van der Waals surface area contributed by atoms with Crippen LogP contribution in [0.5, 0.6) is 0 Å². The topological polar surface area (TPSA) is 72.6 Å². The van der Waals surface area contributed by atoms with Crippen molar-refractivity contribution in [2.75, 3.05) is 11.5 Å². The molecule has 0 unspecified atom stereocenters. The van der Waals surface area contributed by atoms with Gasteiger partial charge in [-0.1, -0.05) is 15.9 Å². The number of rotatable bonds is 4. The van der Waals surface area contributed by atoms with Crippen molar-refractivity contribution in [2.24, 2.45) is 5.73 Å². The molecule has 150 valence electrons. The Morgan fingerprint density at radius 3 is 2.69 bits per heavy atom. The van der Waals surface area contributed by atoms with Crippen LogP contribution in [0.3, 0.4) is 0 Å². The van der Waals surface area contributed by atoms with Gasteiger partial charge in [0.1, 0.15) is 5.82 Å². The monoisotopic (exact) mass is 472 g/mol. The number of nitrogens with zero attached hydrogens (tertiary/aromatic N) is 1. The van der Waals surface area contributed by atoms with Crippen molar-refractivity contribution in [2.45, 2.75) is 32.1 Å². The Hall–Kier alpha value is -2.38. The third-order valence-corrected chi connectivity index (χ3v) is 6.48. The molecule has 2 heterocycles. The first-order valence-corrected chi connectivity index (χ1v) is 11.3. The second-order valence-corrected chi connectivity index (χ2v) is 8.65. The van der Waals surface area contributed by atoms with E-state index < -0.39 is 11.9 Å². The molecule has 1 atom stereocenters. The fourth-order valence-corrected chi connectivity index (χ4v) is 5.00. The van der Waals surface area contributed by atoms with Crippen LogP contribution in [0.2, 0.25) is 0 Å². The van der Waals surface area contributed by atoms with Gasteiger partial charge in [0, 0.05) is 27.9 Å². The lowest BCUT2D eigenvalue weighted by atomic mass is 9.76. The standard InChI is InChI=1S/C22H21BrN2O3S/c1-2-28-22(27)20-18(13-10-11-29-12-13)19-16(4-3-5-17(19)26)25(21(20)24)15-8-6-14(23)7-9-15/h6-12,18H,2-5,24H2,1H3/t18-/m0/s1. The Kier molecular flexibility index (Phi) is 5.61. The molecule has 0 radical (unpaired) electrons. The number of benzene rings is 1. The van der Waals surface area contributed by atoms with Gasteiger partial charge in [0.15, 0.2) is 5.78 Å². The molecule has 29 heavy (non-hydrogen) atoms. The number of carbonyl (C=O) groups is 2. The second-order valence-electron chi connectivity index (χ2n) is 6.96. The summed E-state index contributed by atoms with van der Waals surface area (Å²) in [5.41, 5.74) is 10.2. The quantitative estimate of drug-likeness (QED) is 0.643. The first-order valence-electron chi connectivity index (χ1n) is 9.53. The smallest absolute Gasteiger partial charge is 0.338 e. The van der Waals surface area contributed by atoms with Gasteiger partial charge in [0.25, 0.3) is 0 Å². The van der Waals surface area contributed by atoms with Crippen LogP contribution in [0.4, 0.5) is 5.69 Å². The van der Waals surface area contributed by atoms with Gasteiger partial charge in [-0.15, -0.1) is 0 Å². The Balaban J connectivity index is 1.97. The SMILES string of the molecule is CCOC(=O)C1=C(N)N(c2ccc(Br)cc2)C2=C(C(=O)CCC2)[C@@H]1c1ccsc1. The molecule has 0 saturated carbocycles. The Bertz CT molecular complexity index is 1010. The van der Waals surface area contributed by atoms with Crippen LogP contribution in [0.25, 0.3) is 0 Å². The van der Waals surface area contributed by atoms with Crippen LogP contribution in [-0.4, -0.2) is 18.4 Å². The maximum atomic E-state index is 13.1. The fourth-order valence-electron chi connectivity index (χ4n) is 4.05. The van der Waals surface area contributed by atoms with Crippen molar-refractivity contribution in [1.82, 2.24) is 0 Å². The average Bonchev–Trinajstić information content (AvgIpc) is 3.23. The van der Waals surface area contributed by atoms with Crippen LogP contribution < -0.4 is 10.6 Å². The minimum Gasteiger partial charge on any atom is -0.463 e. The maximum absolute atomic E-state index is 13.1. The zero-order valence-corrected chi connectivity index (χ0v) is 18.4. The van der Waals surface area contributed by atoms with Crippen molar-refractivity contribution >= 4 is 44.7 Å². The van der Waals surface area contributed by atoms with Gasteiger partial charge in [-0.3, -0.25) is 9.69 Å². The summed E-state index contributed by atoms with van der Waals surface area (Å²) in [6.07, 6.45) is 1.97. The minimum absolute atomic E-state index is 0.0684. The van der Waals surface area contributed by atoms with Crippen molar-refractivity contribution in [3.8, 4) is 0 Å². The molecule has 0 spiro atoms. The molecule has 5 nitrogen and oxygen atoms in total. The molecule has 1 aromatic heterocycles. The van der Waals surface area contributed by atoms with E-state index in [0.717, 1.165) is 34.3 Å². The number of ketones is 1. The largest absolute Gasteiger partial charge is 0.463 e. The molecule has 1 aliphatic carbocycles. The lowest BCUT2D eigenvalue weighted by molar-refractivity contribution is -0.138. The number of allylic oxidation sites excluding steroid dienone is 2. The molecular weight excluding hydrogens is 452 g/mol. The highest BCUT2D eigenvalue weighted by Gasteiger charge is 2.43. The van der Waals surface area contributed by atoms with Crippen LogP contribution in [0, 0.1) is 0 Å². The Morgan fingerprint density at radius 2 is 2.03 bits per heavy atom. The molecule has 0 fully saturated rings. The minimum atomic E-state index is -0.491. The molecule has 2 aliphatic rings. The number of ether oxygens (including phenoxy) is 1. The first-order chi connectivity index (χ1) is 14.0. The summed E-state index contributed by atoms with van der Waals surface area (Å²) >= 11 is 4.99. The third-order valence-electron chi connectivity index (χ3n) is 5.25. The average molecular weight is 473 g/mol. The number of nitrogens with two attached hydrogens (primary N) is 1. The van der Waals surface area contributed by atoms with E-state index in [-0.39, 0.29) is 12.4 Å². The predicted molar refractivity (Wildman–Crippen MR) is 117 cm³/mol. The van der Waals surface area contributed by atoms with E-state index in [1.54, 1.807) is 6.92 Å². The summed E-state index contributed by atoms with van der Waals surface area (Å²) in [6, 6.07) is 9.64. The van der Waals surface area contributed by atoms with Crippen molar-refractivity contribution in [3.05, 3.63) is 73.8 Å². The van der Waals surface area contributed by atoms with Crippen LogP contribution in [0.1, 0.15) is 37.7 Å². The maximum Gasteiger partial charge on any atom is 0.338 e. The molecule has 2 aromatic rings. The van der Waals surface area contributed by atoms with Crippen molar-refractivity contribution in [3.63, 3.8) is 0 Å². The van der Waals surface area contributed by atoms with Gasteiger partial charge in [0.2, 0.25) is 0 Å². The Labute approximate surface area is 182 Å². The van der Waals surface area contributed by atoms with E-state index in [4.69, 9.17) is 10.5 Å². The summed E-state index contributed by atoms with van der Waals surface area (Å²) in [5.74, 6) is -0.572. The zero-order valence-electron chi connectivity index (χ0n) is 16.0. The van der Waals surface area contributed by atoms with Crippen molar-refractivity contribution in [1.29, 1.82) is 0 Å². The first kappa shape index (κ1) is 19.9. The fraction of sp³-hybridized carbons (Fsp3) is 0.273. The second kappa shape index (κ2) is 8.16. The normalized spacial score (nSPS) is 19.4.